The van der Waals surface area contributed by atoms with Crippen molar-refractivity contribution in [2.24, 2.45) is 0 Å². The number of nitrogens with zero attached hydrogens (tertiary/aromatic N) is 1. The summed E-state index contributed by atoms with van der Waals surface area (Å²) < 4.78 is 5.38. The molecule has 122 valence electrons. The zero-order valence-electron chi connectivity index (χ0n) is 14.1. The van der Waals surface area contributed by atoms with Crippen LogP contribution in [0.15, 0.2) is 42.5 Å². The quantitative estimate of drug-likeness (QED) is 0.928. The molecule has 0 saturated carbocycles. The van der Waals surface area contributed by atoms with Crippen LogP contribution in [0.5, 0.6) is 11.5 Å². The number of aromatic hydroxyl groups is 1. The highest BCUT2D eigenvalue weighted by atomic mass is 16.5. The van der Waals surface area contributed by atoms with Crippen LogP contribution in [0.1, 0.15) is 36.6 Å². The maximum atomic E-state index is 9.49. The molecule has 0 amide bonds. The maximum Gasteiger partial charge on any atom is 0.119 e. The molecular formula is C20H25NO2. The zero-order valence-corrected chi connectivity index (χ0v) is 14.1. The first-order valence-corrected chi connectivity index (χ1v) is 8.29. The third kappa shape index (κ3) is 3.35. The first kappa shape index (κ1) is 15.9. The molecule has 1 atom stereocenters. The van der Waals surface area contributed by atoms with Gasteiger partial charge in [0.25, 0.3) is 0 Å². The predicted octanol–water partition coefficient (Wildman–Crippen LogP) is 3.95. The number of ether oxygens (including phenoxy) is 1. The molecule has 0 fully saturated rings. The standard InChI is InChI=1S/C20H25NO2/c1-14(2)21-11-10-16-13-18(23-3)8-9-19(16)20(21)12-15-4-6-17(22)7-5-15/h4-9,13-14,20,22H,10-12H2,1-3H3. The third-order valence-corrected chi connectivity index (χ3v) is 4.78. The molecule has 1 N–H and O–H groups in total. The number of fused-ring (bicyclic) bond motifs is 1. The summed E-state index contributed by atoms with van der Waals surface area (Å²) in [5.74, 6) is 1.26. The Labute approximate surface area is 138 Å². The van der Waals surface area contributed by atoms with Crippen molar-refractivity contribution in [3.05, 3.63) is 59.2 Å². The van der Waals surface area contributed by atoms with Gasteiger partial charge >= 0.3 is 0 Å². The van der Waals surface area contributed by atoms with Crippen LogP contribution in [0.3, 0.4) is 0 Å². The van der Waals surface area contributed by atoms with Gasteiger partial charge in [0.1, 0.15) is 11.5 Å². The van der Waals surface area contributed by atoms with Gasteiger partial charge in [0, 0.05) is 18.6 Å². The minimum Gasteiger partial charge on any atom is -0.508 e. The van der Waals surface area contributed by atoms with E-state index in [1.54, 1.807) is 19.2 Å². The van der Waals surface area contributed by atoms with Gasteiger partial charge in [-0.05, 0) is 67.6 Å². The first-order valence-electron chi connectivity index (χ1n) is 8.29. The first-order chi connectivity index (χ1) is 11.1. The molecule has 2 aromatic carbocycles. The van der Waals surface area contributed by atoms with Gasteiger partial charge in [0.05, 0.1) is 7.11 Å². The lowest BCUT2D eigenvalue weighted by Gasteiger charge is -2.40. The van der Waals surface area contributed by atoms with E-state index in [9.17, 15) is 5.11 Å². The summed E-state index contributed by atoms with van der Waals surface area (Å²) in [5.41, 5.74) is 4.05. The average molecular weight is 311 g/mol. The summed E-state index contributed by atoms with van der Waals surface area (Å²) in [6, 6.07) is 14.9. The van der Waals surface area contributed by atoms with Crippen LogP contribution in [0.2, 0.25) is 0 Å². The number of benzene rings is 2. The van der Waals surface area contributed by atoms with Gasteiger partial charge in [-0.25, -0.2) is 0 Å². The normalized spacial score (nSPS) is 18.0. The predicted molar refractivity (Wildman–Crippen MR) is 93.1 cm³/mol. The van der Waals surface area contributed by atoms with Crippen LogP contribution in [0, 0.1) is 0 Å². The summed E-state index contributed by atoms with van der Waals surface area (Å²) in [4.78, 5) is 2.57. The minimum atomic E-state index is 0.322. The Morgan fingerprint density at radius 2 is 1.91 bits per heavy atom. The molecule has 1 unspecified atom stereocenters. The molecule has 3 rings (SSSR count). The third-order valence-electron chi connectivity index (χ3n) is 4.78. The second kappa shape index (κ2) is 6.63. The van der Waals surface area contributed by atoms with Gasteiger partial charge in [-0.2, -0.15) is 0 Å². The topological polar surface area (TPSA) is 32.7 Å². The van der Waals surface area contributed by atoms with Crippen LogP contribution in [-0.2, 0) is 12.8 Å². The van der Waals surface area contributed by atoms with E-state index < -0.39 is 0 Å². The van der Waals surface area contributed by atoms with Gasteiger partial charge in [-0.3, -0.25) is 4.90 Å². The molecule has 0 radical (unpaired) electrons. The van der Waals surface area contributed by atoms with Crippen LogP contribution < -0.4 is 4.74 Å². The summed E-state index contributed by atoms with van der Waals surface area (Å²) in [7, 11) is 1.72. The number of phenols is 1. The second-order valence-electron chi connectivity index (χ2n) is 6.53. The summed E-state index contributed by atoms with van der Waals surface area (Å²) >= 11 is 0. The van der Waals surface area contributed by atoms with Gasteiger partial charge in [0.2, 0.25) is 0 Å². The molecule has 3 heteroatoms. The minimum absolute atomic E-state index is 0.322. The molecule has 1 aliphatic rings. The molecule has 0 spiro atoms. The molecule has 3 nitrogen and oxygen atoms in total. The van der Waals surface area contributed by atoms with Gasteiger partial charge in [-0.15, -0.1) is 0 Å². The van der Waals surface area contributed by atoms with Crippen molar-refractivity contribution in [2.75, 3.05) is 13.7 Å². The Morgan fingerprint density at radius 3 is 2.57 bits per heavy atom. The van der Waals surface area contributed by atoms with E-state index in [4.69, 9.17) is 4.74 Å². The van der Waals surface area contributed by atoms with E-state index in [0.29, 0.717) is 17.8 Å². The number of hydrogen-bond acceptors (Lipinski definition) is 3. The summed E-state index contributed by atoms with van der Waals surface area (Å²) in [6.45, 7) is 5.59. The van der Waals surface area contributed by atoms with E-state index in [1.165, 1.54) is 16.7 Å². The fourth-order valence-corrected chi connectivity index (χ4v) is 3.54. The lowest BCUT2D eigenvalue weighted by molar-refractivity contribution is 0.141. The Hall–Kier alpha value is -2.00. The van der Waals surface area contributed by atoms with Crippen LogP contribution in [-0.4, -0.2) is 29.7 Å². The maximum absolute atomic E-state index is 9.49. The van der Waals surface area contributed by atoms with E-state index in [-0.39, 0.29) is 0 Å². The molecule has 23 heavy (non-hydrogen) atoms. The smallest absolute Gasteiger partial charge is 0.119 e. The summed E-state index contributed by atoms with van der Waals surface area (Å²) in [6.07, 6.45) is 2.02. The molecular weight excluding hydrogens is 286 g/mol. The number of hydrogen-bond donors (Lipinski definition) is 1. The molecule has 0 bridgehead atoms. The molecule has 0 saturated heterocycles. The van der Waals surface area contributed by atoms with Gasteiger partial charge < -0.3 is 9.84 Å². The van der Waals surface area contributed by atoms with Crippen LogP contribution >= 0.6 is 0 Å². The van der Waals surface area contributed by atoms with E-state index in [0.717, 1.165) is 25.1 Å². The number of methoxy groups -OCH3 is 1. The Kier molecular flexibility index (Phi) is 4.58. The lowest BCUT2D eigenvalue weighted by atomic mass is 9.87. The van der Waals surface area contributed by atoms with Crippen LogP contribution in [0.25, 0.3) is 0 Å². The largest absolute Gasteiger partial charge is 0.508 e. The fourth-order valence-electron chi connectivity index (χ4n) is 3.54. The van der Waals surface area contributed by atoms with E-state index in [2.05, 4.69) is 36.9 Å². The van der Waals surface area contributed by atoms with Crippen LogP contribution in [0.4, 0.5) is 0 Å². The fraction of sp³-hybridized carbons (Fsp3) is 0.400. The van der Waals surface area contributed by atoms with E-state index >= 15 is 0 Å². The van der Waals surface area contributed by atoms with E-state index in [1.807, 2.05) is 12.1 Å². The number of rotatable bonds is 4. The van der Waals surface area contributed by atoms with Crippen molar-refractivity contribution < 1.29 is 9.84 Å². The van der Waals surface area contributed by atoms with Gasteiger partial charge in [0.15, 0.2) is 0 Å². The molecule has 1 aliphatic heterocycles. The highest BCUT2D eigenvalue weighted by Crippen LogP contribution is 2.35. The average Bonchev–Trinajstić information content (AvgIpc) is 2.56. The van der Waals surface area contributed by atoms with Crippen molar-refractivity contribution in [3.8, 4) is 11.5 Å². The SMILES string of the molecule is COc1ccc2c(c1)CCN(C(C)C)C2Cc1ccc(O)cc1. The highest BCUT2D eigenvalue weighted by molar-refractivity contribution is 5.40. The molecule has 0 aliphatic carbocycles. The summed E-state index contributed by atoms with van der Waals surface area (Å²) in [5, 5.41) is 9.49. The van der Waals surface area contributed by atoms with Crippen molar-refractivity contribution in [3.63, 3.8) is 0 Å². The highest BCUT2D eigenvalue weighted by Gasteiger charge is 2.29. The number of phenolic OH excluding ortho intramolecular Hbond substituents is 1. The molecule has 1 heterocycles. The van der Waals surface area contributed by atoms with Gasteiger partial charge in [-0.1, -0.05) is 18.2 Å². The Bertz CT molecular complexity index is 664. The Balaban J connectivity index is 1.94. The Morgan fingerprint density at radius 1 is 1.17 bits per heavy atom. The molecule has 2 aromatic rings. The monoisotopic (exact) mass is 311 g/mol. The zero-order chi connectivity index (χ0) is 16.4. The lowest BCUT2D eigenvalue weighted by Crippen LogP contribution is -2.41. The van der Waals surface area contributed by atoms with Crippen molar-refractivity contribution in [2.45, 2.75) is 38.8 Å². The van der Waals surface area contributed by atoms with Crippen molar-refractivity contribution in [1.82, 2.24) is 4.90 Å². The molecule has 0 aromatic heterocycles. The second-order valence-corrected chi connectivity index (χ2v) is 6.53. The van der Waals surface area contributed by atoms with Crippen molar-refractivity contribution in [1.29, 1.82) is 0 Å². The van der Waals surface area contributed by atoms with Crippen molar-refractivity contribution >= 4 is 0 Å².